The summed E-state index contributed by atoms with van der Waals surface area (Å²) in [6.45, 7) is 8.49. The fourth-order valence-electron chi connectivity index (χ4n) is 7.25. The van der Waals surface area contributed by atoms with Crippen LogP contribution in [0.5, 0.6) is 0 Å². The van der Waals surface area contributed by atoms with Gasteiger partial charge >= 0.3 is 0 Å². The summed E-state index contributed by atoms with van der Waals surface area (Å²) in [5, 5.41) is 22.1. The van der Waals surface area contributed by atoms with E-state index in [1.54, 1.807) is 0 Å². The van der Waals surface area contributed by atoms with Crippen LogP contribution in [0, 0.1) is 34.5 Å². The Morgan fingerprint density at radius 3 is 2.58 bits per heavy atom. The third-order valence-electron chi connectivity index (χ3n) is 8.77. The first-order valence-electron chi connectivity index (χ1n) is 9.75. The van der Waals surface area contributed by atoms with Gasteiger partial charge in [-0.2, -0.15) is 0 Å². The van der Waals surface area contributed by atoms with Gasteiger partial charge in [0.05, 0.1) is 11.7 Å². The molecule has 4 aliphatic carbocycles. The lowest BCUT2D eigenvalue weighted by Crippen LogP contribution is -2.59. The van der Waals surface area contributed by atoms with E-state index >= 15 is 0 Å². The van der Waals surface area contributed by atoms with Crippen LogP contribution in [0.25, 0.3) is 0 Å². The number of rotatable bonds is 0. The molecule has 2 N–H and O–H groups in total. The van der Waals surface area contributed by atoms with Crippen LogP contribution in [-0.4, -0.2) is 27.7 Å². The van der Waals surface area contributed by atoms with Gasteiger partial charge in [0, 0.05) is 11.3 Å². The average molecular weight is 332 g/mol. The Bertz CT molecular complexity index is 606. The summed E-state index contributed by atoms with van der Waals surface area (Å²) >= 11 is 0. The topological polar surface area (TPSA) is 57.5 Å². The molecule has 0 bridgehead atoms. The lowest BCUT2D eigenvalue weighted by atomic mass is 9.45. The maximum atomic E-state index is 12.2. The smallest absolute Gasteiger partial charge is 0.158 e. The molecule has 3 nitrogen and oxygen atoms in total. The first kappa shape index (κ1) is 16.8. The normalized spacial score (nSPS) is 57.0. The number of hydrogen-bond acceptors (Lipinski definition) is 3. The summed E-state index contributed by atoms with van der Waals surface area (Å²) in [5.41, 5.74) is 0.377. The van der Waals surface area contributed by atoms with Crippen molar-refractivity contribution in [2.75, 3.05) is 0 Å². The minimum atomic E-state index is -0.670. The fraction of sp³-hybridized carbons (Fsp3) is 0.857. The maximum Gasteiger partial charge on any atom is 0.158 e. The molecule has 3 saturated carbocycles. The van der Waals surface area contributed by atoms with Gasteiger partial charge in [0.1, 0.15) is 0 Å². The molecule has 4 aliphatic rings. The van der Waals surface area contributed by atoms with E-state index in [1.165, 1.54) is 5.57 Å². The van der Waals surface area contributed by atoms with Crippen molar-refractivity contribution in [1.29, 1.82) is 0 Å². The maximum absolute atomic E-state index is 12.2. The van der Waals surface area contributed by atoms with Crippen LogP contribution < -0.4 is 0 Å². The van der Waals surface area contributed by atoms with Crippen molar-refractivity contribution in [3.63, 3.8) is 0 Å². The van der Waals surface area contributed by atoms with Gasteiger partial charge in [-0.3, -0.25) is 4.79 Å². The third kappa shape index (κ3) is 1.94. The van der Waals surface area contributed by atoms with E-state index in [4.69, 9.17) is 0 Å². The van der Waals surface area contributed by atoms with Crippen LogP contribution in [0.1, 0.15) is 66.2 Å². The number of aliphatic hydroxyl groups is 2. The fourth-order valence-corrected chi connectivity index (χ4v) is 7.25. The number of carbonyl (C=O) groups is 1. The van der Waals surface area contributed by atoms with E-state index in [1.807, 2.05) is 19.9 Å². The van der Waals surface area contributed by atoms with Crippen molar-refractivity contribution in [2.24, 2.45) is 34.5 Å². The summed E-state index contributed by atoms with van der Waals surface area (Å²) < 4.78 is 0. The summed E-state index contributed by atoms with van der Waals surface area (Å²) in [4.78, 5) is 12.2. The first-order chi connectivity index (χ1) is 11.1. The van der Waals surface area contributed by atoms with Gasteiger partial charge in [-0.25, -0.2) is 0 Å². The second-order valence-corrected chi connectivity index (χ2v) is 9.93. The van der Waals surface area contributed by atoms with Crippen LogP contribution in [0.15, 0.2) is 11.6 Å². The number of fused-ring (bicyclic) bond motifs is 5. The Kier molecular flexibility index (Phi) is 3.46. The van der Waals surface area contributed by atoms with Gasteiger partial charge in [-0.1, -0.05) is 26.3 Å². The molecule has 4 rings (SSSR count). The lowest BCUT2D eigenvalue weighted by molar-refractivity contribution is -0.167. The molecule has 0 aliphatic heterocycles. The van der Waals surface area contributed by atoms with Gasteiger partial charge in [-0.15, -0.1) is 0 Å². The molecule has 0 aromatic carbocycles. The van der Waals surface area contributed by atoms with E-state index < -0.39 is 5.60 Å². The number of ketones is 1. The highest BCUT2D eigenvalue weighted by atomic mass is 16.3. The van der Waals surface area contributed by atoms with Crippen molar-refractivity contribution >= 4 is 5.78 Å². The Balaban J connectivity index is 1.76. The van der Waals surface area contributed by atoms with E-state index in [2.05, 4.69) is 13.8 Å². The first-order valence-corrected chi connectivity index (χ1v) is 9.75. The second kappa shape index (κ2) is 4.94. The van der Waals surface area contributed by atoms with Crippen molar-refractivity contribution in [2.45, 2.75) is 77.9 Å². The molecule has 3 fully saturated rings. The van der Waals surface area contributed by atoms with Gasteiger partial charge in [0.2, 0.25) is 0 Å². The average Bonchev–Trinajstić information content (AvgIpc) is 2.70. The van der Waals surface area contributed by atoms with Crippen molar-refractivity contribution in [1.82, 2.24) is 0 Å². The van der Waals surface area contributed by atoms with Crippen LogP contribution in [-0.2, 0) is 4.79 Å². The third-order valence-corrected chi connectivity index (χ3v) is 8.77. The quantitative estimate of drug-likeness (QED) is 0.714. The molecule has 3 heteroatoms. The lowest BCUT2D eigenvalue weighted by Gasteiger charge is -2.61. The molecule has 134 valence electrons. The molecule has 0 amide bonds. The van der Waals surface area contributed by atoms with E-state index in [0.717, 1.165) is 32.1 Å². The number of allylic oxidation sites excluding steroid dienone is 1. The molecule has 24 heavy (non-hydrogen) atoms. The largest absolute Gasteiger partial charge is 0.393 e. The zero-order valence-corrected chi connectivity index (χ0v) is 15.5. The zero-order chi connectivity index (χ0) is 17.5. The van der Waals surface area contributed by atoms with Crippen molar-refractivity contribution in [3.05, 3.63) is 11.6 Å². The Morgan fingerprint density at radius 2 is 1.88 bits per heavy atom. The molecule has 8 atom stereocenters. The second-order valence-electron chi connectivity index (χ2n) is 9.93. The molecule has 0 spiro atoms. The standard InChI is InChI=1S/C21H32O3/c1-12-10-19(2)13(9-16(12)22)5-6-14-15-7-8-21(4,24)20(15,3)11-17(23)18(14)19/h9,12,14-15,17-18,23-24H,5-8,10-11H2,1-4H3/t12-,14-,15-,17-,18+,19-,20-,21+/m0/s1. The molecule has 0 aromatic rings. The molecule has 0 radical (unpaired) electrons. The van der Waals surface area contributed by atoms with Crippen LogP contribution >= 0.6 is 0 Å². The summed E-state index contributed by atoms with van der Waals surface area (Å²) in [7, 11) is 0. The van der Waals surface area contributed by atoms with Gasteiger partial charge in [-0.05, 0) is 74.7 Å². The summed E-state index contributed by atoms with van der Waals surface area (Å²) in [6.07, 6.45) is 7.04. The van der Waals surface area contributed by atoms with Crippen LogP contribution in [0.3, 0.4) is 0 Å². The van der Waals surface area contributed by atoms with Gasteiger partial charge in [0.25, 0.3) is 0 Å². The predicted octanol–water partition coefficient (Wildman–Crippen LogP) is 3.49. The highest BCUT2D eigenvalue weighted by Crippen LogP contribution is 2.67. The van der Waals surface area contributed by atoms with Crippen molar-refractivity contribution < 1.29 is 15.0 Å². The number of carbonyl (C=O) groups excluding carboxylic acids is 1. The number of aliphatic hydroxyl groups excluding tert-OH is 1. The van der Waals surface area contributed by atoms with Crippen molar-refractivity contribution in [3.8, 4) is 0 Å². The Morgan fingerprint density at radius 1 is 1.17 bits per heavy atom. The molecule has 0 aromatic heterocycles. The van der Waals surface area contributed by atoms with Crippen LogP contribution in [0.4, 0.5) is 0 Å². The molecule has 0 heterocycles. The van der Waals surface area contributed by atoms with Gasteiger partial charge < -0.3 is 10.2 Å². The Labute approximate surface area is 145 Å². The number of hydrogen-bond donors (Lipinski definition) is 2. The highest BCUT2D eigenvalue weighted by molar-refractivity contribution is 5.93. The molecule has 0 unspecified atom stereocenters. The summed E-state index contributed by atoms with van der Waals surface area (Å²) in [5.74, 6) is 1.52. The monoisotopic (exact) mass is 332 g/mol. The highest BCUT2D eigenvalue weighted by Gasteiger charge is 2.65. The Hall–Kier alpha value is -0.670. The van der Waals surface area contributed by atoms with E-state index in [9.17, 15) is 15.0 Å². The van der Waals surface area contributed by atoms with Crippen LogP contribution in [0.2, 0.25) is 0 Å². The minimum Gasteiger partial charge on any atom is -0.393 e. The summed E-state index contributed by atoms with van der Waals surface area (Å²) in [6, 6.07) is 0. The van der Waals surface area contributed by atoms with Gasteiger partial charge in [0.15, 0.2) is 5.78 Å². The molecule has 0 saturated heterocycles. The molecular weight excluding hydrogens is 300 g/mol. The predicted molar refractivity (Wildman–Crippen MR) is 93.3 cm³/mol. The van der Waals surface area contributed by atoms with E-state index in [0.29, 0.717) is 18.3 Å². The van der Waals surface area contributed by atoms with E-state index in [-0.39, 0.29) is 34.6 Å². The zero-order valence-electron chi connectivity index (χ0n) is 15.5. The molecular formula is C21H32O3. The minimum absolute atomic E-state index is 0.0502. The SMILES string of the molecule is C[C@H]1C[C@@]2(C)C(=CC1=O)CC[C@@H]1[C@@H]2[C@@H](O)C[C@@]2(C)[C@H]1CC[C@@]2(C)O.